The Labute approximate surface area is 141 Å². The molecule has 0 aliphatic carbocycles. The van der Waals surface area contributed by atoms with Crippen molar-refractivity contribution < 1.29 is 4.79 Å². The van der Waals surface area contributed by atoms with Gasteiger partial charge >= 0.3 is 0 Å². The Morgan fingerprint density at radius 3 is 2.96 bits per heavy atom. The largest absolute Gasteiger partial charge is 0.333 e. The number of nitrogens with zero attached hydrogens (tertiary/aromatic N) is 4. The van der Waals surface area contributed by atoms with Crippen LogP contribution in [-0.4, -0.2) is 45.9 Å². The van der Waals surface area contributed by atoms with Crippen molar-refractivity contribution in [2.24, 2.45) is 0 Å². The minimum absolute atomic E-state index is 0.0142. The monoisotopic (exact) mass is 326 g/mol. The zero-order chi connectivity index (χ0) is 16.9. The Balaban J connectivity index is 1.77. The zero-order valence-corrected chi connectivity index (χ0v) is 14.0. The average Bonchev–Trinajstić information content (AvgIpc) is 3.07. The number of pyridine rings is 1. The summed E-state index contributed by atoms with van der Waals surface area (Å²) >= 11 is 0. The topological polar surface area (TPSA) is 83.0 Å². The van der Waals surface area contributed by atoms with E-state index in [-0.39, 0.29) is 11.9 Å². The van der Waals surface area contributed by atoms with Crippen LogP contribution in [0.1, 0.15) is 30.1 Å². The molecule has 1 amide bonds. The van der Waals surface area contributed by atoms with E-state index in [0.29, 0.717) is 18.3 Å². The van der Waals surface area contributed by atoms with E-state index >= 15 is 0 Å². The van der Waals surface area contributed by atoms with E-state index in [1.807, 2.05) is 30.0 Å². The fourth-order valence-corrected chi connectivity index (χ4v) is 2.90. The van der Waals surface area contributed by atoms with Gasteiger partial charge in [0.25, 0.3) is 0 Å². The summed E-state index contributed by atoms with van der Waals surface area (Å²) in [6.07, 6.45) is 5.43. The van der Waals surface area contributed by atoms with Gasteiger partial charge < -0.3 is 15.5 Å². The quantitative estimate of drug-likeness (QED) is 0.872. The normalized spacial score (nSPS) is 17.1. The van der Waals surface area contributed by atoms with Gasteiger partial charge in [-0.25, -0.2) is 15.0 Å². The summed E-state index contributed by atoms with van der Waals surface area (Å²) in [7, 11) is 1.78. The predicted molar refractivity (Wildman–Crippen MR) is 91.9 cm³/mol. The molecule has 0 spiro atoms. The molecule has 3 heterocycles. The van der Waals surface area contributed by atoms with Crippen LogP contribution in [0, 0.1) is 6.92 Å². The van der Waals surface area contributed by atoms with Gasteiger partial charge in [-0.2, -0.15) is 0 Å². The number of carbonyl (C=O) groups is 1. The van der Waals surface area contributed by atoms with Crippen LogP contribution in [-0.2, 0) is 4.79 Å². The SMILES string of the molecule is CNCC(=O)N1CCCC1c1ccnc(Nc2ccc(C)cn2)n1. The Bertz CT molecular complexity index is 702. The van der Waals surface area contributed by atoms with Gasteiger partial charge in [0.05, 0.1) is 18.3 Å². The first-order valence-electron chi connectivity index (χ1n) is 8.14. The molecule has 7 nitrogen and oxygen atoms in total. The zero-order valence-electron chi connectivity index (χ0n) is 14.0. The number of aromatic nitrogens is 3. The number of likely N-dealkylation sites (N-methyl/N-ethyl adjacent to an activating group) is 1. The lowest BCUT2D eigenvalue weighted by molar-refractivity contribution is -0.131. The van der Waals surface area contributed by atoms with E-state index in [9.17, 15) is 4.79 Å². The van der Waals surface area contributed by atoms with Crippen LogP contribution in [0.4, 0.5) is 11.8 Å². The first-order chi connectivity index (χ1) is 11.7. The summed E-state index contributed by atoms with van der Waals surface area (Å²) in [5.74, 6) is 1.30. The van der Waals surface area contributed by atoms with Crippen molar-refractivity contribution in [1.29, 1.82) is 0 Å². The Morgan fingerprint density at radius 1 is 1.33 bits per heavy atom. The van der Waals surface area contributed by atoms with Crippen LogP contribution in [0.2, 0.25) is 0 Å². The van der Waals surface area contributed by atoms with Gasteiger partial charge in [-0.3, -0.25) is 4.79 Å². The molecule has 7 heteroatoms. The number of nitrogens with one attached hydrogen (secondary N) is 2. The highest BCUT2D eigenvalue weighted by atomic mass is 16.2. The number of aryl methyl sites for hydroxylation is 1. The second-order valence-electron chi connectivity index (χ2n) is 5.93. The number of likely N-dealkylation sites (tertiary alicyclic amines) is 1. The van der Waals surface area contributed by atoms with Crippen molar-refractivity contribution in [3.8, 4) is 0 Å². The maximum Gasteiger partial charge on any atom is 0.237 e. The third-order valence-corrected chi connectivity index (χ3v) is 4.07. The van der Waals surface area contributed by atoms with Crippen molar-refractivity contribution in [3.63, 3.8) is 0 Å². The third-order valence-electron chi connectivity index (χ3n) is 4.07. The molecule has 1 atom stereocenters. The van der Waals surface area contributed by atoms with E-state index in [2.05, 4.69) is 25.6 Å². The lowest BCUT2D eigenvalue weighted by Crippen LogP contribution is -2.37. The molecule has 2 aromatic heterocycles. The van der Waals surface area contributed by atoms with Crippen LogP contribution >= 0.6 is 0 Å². The number of rotatable bonds is 5. The van der Waals surface area contributed by atoms with Gasteiger partial charge in [0.1, 0.15) is 5.82 Å². The highest BCUT2D eigenvalue weighted by molar-refractivity contribution is 5.79. The molecule has 1 fully saturated rings. The number of hydrogen-bond donors (Lipinski definition) is 2. The summed E-state index contributed by atoms with van der Waals surface area (Å²) < 4.78 is 0. The lowest BCUT2D eigenvalue weighted by atomic mass is 10.1. The van der Waals surface area contributed by atoms with Crippen LogP contribution in [0.5, 0.6) is 0 Å². The Hall–Kier alpha value is -2.54. The van der Waals surface area contributed by atoms with Crippen LogP contribution in [0.3, 0.4) is 0 Å². The highest BCUT2D eigenvalue weighted by Crippen LogP contribution is 2.31. The van der Waals surface area contributed by atoms with Gasteiger partial charge in [-0.1, -0.05) is 6.07 Å². The second kappa shape index (κ2) is 7.35. The van der Waals surface area contributed by atoms with Crippen molar-refractivity contribution >= 4 is 17.7 Å². The van der Waals surface area contributed by atoms with Crippen LogP contribution in [0.25, 0.3) is 0 Å². The van der Waals surface area contributed by atoms with Gasteiger partial charge in [-0.15, -0.1) is 0 Å². The maximum atomic E-state index is 12.2. The number of carbonyl (C=O) groups excluding carboxylic acids is 1. The third kappa shape index (κ3) is 3.68. The average molecular weight is 326 g/mol. The van der Waals surface area contributed by atoms with E-state index in [1.165, 1.54) is 0 Å². The van der Waals surface area contributed by atoms with E-state index in [4.69, 9.17) is 0 Å². The van der Waals surface area contributed by atoms with E-state index in [0.717, 1.165) is 30.6 Å². The lowest BCUT2D eigenvalue weighted by Gasteiger charge is -2.24. The van der Waals surface area contributed by atoms with Crippen molar-refractivity contribution in [3.05, 3.63) is 41.9 Å². The number of anilines is 2. The molecule has 0 radical (unpaired) electrons. The van der Waals surface area contributed by atoms with Crippen molar-refractivity contribution in [2.45, 2.75) is 25.8 Å². The molecule has 0 aromatic carbocycles. The minimum atomic E-state index is 0.0142. The molecule has 1 aliphatic rings. The molecule has 1 saturated heterocycles. The summed E-state index contributed by atoms with van der Waals surface area (Å²) in [6.45, 7) is 3.11. The summed E-state index contributed by atoms with van der Waals surface area (Å²) in [5, 5.41) is 6.04. The van der Waals surface area contributed by atoms with Gasteiger partial charge in [-0.05, 0) is 44.5 Å². The van der Waals surface area contributed by atoms with E-state index in [1.54, 1.807) is 19.4 Å². The molecule has 3 rings (SSSR count). The van der Waals surface area contributed by atoms with Gasteiger partial charge in [0, 0.05) is 18.9 Å². The van der Waals surface area contributed by atoms with Crippen molar-refractivity contribution in [2.75, 3.05) is 25.5 Å². The smallest absolute Gasteiger partial charge is 0.237 e. The van der Waals surface area contributed by atoms with Crippen LogP contribution < -0.4 is 10.6 Å². The molecule has 24 heavy (non-hydrogen) atoms. The van der Waals surface area contributed by atoms with Crippen molar-refractivity contribution in [1.82, 2.24) is 25.2 Å². The first kappa shape index (κ1) is 16.3. The fraction of sp³-hybridized carbons (Fsp3) is 0.412. The molecular formula is C17H22N6O. The Kier molecular flexibility index (Phi) is 5.00. The van der Waals surface area contributed by atoms with Gasteiger partial charge in [0.15, 0.2) is 0 Å². The van der Waals surface area contributed by atoms with Crippen LogP contribution in [0.15, 0.2) is 30.6 Å². The fourth-order valence-electron chi connectivity index (χ4n) is 2.90. The minimum Gasteiger partial charge on any atom is -0.333 e. The molecule has 2 aromatic rings. The van der Waals surface area contributed by atoms with Gasteiger partial charge in [0.2, 0.25) is 11.9 Å². The summed E-state index contributed by atoms with van der Waals surface area (Å²) in [5.41, 5.74) is 1.96. The van der Waals surface area contributed by atoms with E-state index < -0.39 is 0 Å². The summed E-state index contributed by atoms with van der Waals surface area (Å²) in [6, 6.07) is 5.77. The molecule has 1 aliphatic heterocycles. The molecule has 126 valence electrons. The molecule has 2 N–H and O–H groups in total. The second-order valence-corrected chi connectivity index (χ2v) is 5.93. The standard InChI is InChI=1S/C17H22N6O/c1-12-5-6-15(20-10-12)22-17-19-8-7-13(21-17)14-4-3-9-23(14)16(24)11-18-2/h5-8,10,14,18H,3-4,9,11H2,1-2H3,(H,19,20,21,22). The molecular weight excluding hydrogens is 304 g/mol. The first-order valence-corrected chi connectivity index (χ1v) is 8.14. The molecule has 1 unspecified atom stereocenters. The highest BCUT2D eigenvalue weighted by Gasteiger charge is 2.30. The summed E-state index contributed by atoms with van der Waals surface area (Å²) in [4.78, 5) is 27.3. The predicted octanol–water partition coefficient (Wildman–Crippen LogP) is 1.81. The number of amides is 1. The molecule has 0 bridgehead atoms. The molecule has 0 saturated carbocycles. The number of hydrogen-bond acceptors (Lipinski definition) is 6. The maximum absolute atomic E-state index is 12.2. The Morgan fingerprint density at radius 2 is 2.21 bits per heavy atom.